The molecule has 3 aliphatic carbocycles. The molecule has 51 heavy (non-hydrogen) atoms. The van der Waals surface area contributed by atoms with Crippen molar-refractivity contribution in [3.8, 4) is 0 Å². The molecule has 5 aliphatic rings. The number of hydrogen-bond donors (Lipinski definition) is 4. The maximum absolute atomic E-state index is 14.5. The summed E-state index contributed by atoms with van der Waals surface area (Å²) in [5, 5.41) is 11.1. The molecule has 12 nitrogen and oxygen atoms in total. The molecule has 0 aromatic rings. The predicted octanol–water partition coefficient (Wildman–Crippen LogP) is 4.30. The zero-order valence-corrected chi connectivity index (χ0v) is 32.6. The van der Waals surface area contributed by atoms with E-state index in [9.17, 15) is 32.4 Å². The Morgan fingerprint density at radius 3 is 2.00 bits per heavy atom. The number of sulfone groups is 1. The Hall–Kier alpha value is -2.70. The number of urea groups is 1. The van der Waals surface area contributed by atoms with Crippen LogP contribution in [0.3, 0.4) is 0 Å². The first-order valence-electron chi connectivity index (χ1n) is 19.7. The van der Waals surface area contributed by atoms with Gasteiger partial charge in [0.1, 0.15) is 12.1 Å². The standard InChI is InChI=1S/C38H63N5O7S/c1-24(2)51(49,50)37(5,6)38(21-15-12-16-22-38)42-35(48)41-28-18-14-11-9-7-8-10-13-17-27(31(44)33(46)39-25-19-20-25)40-32(45)30-29-26(36(29,3)4)23-43(30)34(28)47/h24-30H,7-23H2,1-6H3,(H,39,46)(H,40,45)(H2,41,42,48). The lowest BCUT2D eigenvalue weighted by Crippen LogP contribution is -2.68. The molecule has 0 bridgehead atoms. The van der Waals surface area contributed by atoms with Gasteiger partial charge in [0.05, 0.1) is 21.6 Å². The van der Waals surface area contributed by atoms with Gasteiger partial charge < -0.3 is 26.2 Å². The summed E-state index contributed by atoms with van der Waals surface area (Å²) in [7, 11) is -3.62. The number of ketones is 1. The molecule has 13 heteroatoms. The van der Waals surface area contributed by atoms with Gasteiger partial charge in [0, 0.05) is 12.6 Å². The molecule has 5 atom stereocenters. The summed E-state index contributed by atoms with van der Waals surface area (Å²) in [6, 6.07) is -3.28. The van der Waals surface area contributed by atoms with E-state index in [-0.39, 0.29) is 29.2 Å². The third-order valence-electron chi connectivity index (χ3n) is 13.2. The number of carbonyl (C=O) groups is 5. The fourth-order valence-corrected chi connectivity index (χ4v) is 11.3. The maximum atomic E-state index is 14.5. The Morgan fingerprint density at radius 1 is 0.843 bits per heavy atom. The lowest BCUT2D eigenvalue weighted by atomic mass is 9.73. The van der Waals surface area contributed by atoms with E-state index >= 15 is 0 Å². The maximum Gasteiger partial charge on any atom is 0.315 e. The Kier molecular flexibility index (Phi) is 11.9. The van der Waals surface area contributed by atoms with Crippen LogP contribution < -0.4 is 21.3 Å². The summed E-state index contributed by atoms with van der Waals surface area (Å²) in [5.74, 6) is -2.12. The van der Waals surface area contributed by atoms with Crippen molar-refractivity contribution in [2.45, 2.75) is 184 Å². The second kappa shape index (κ2) is 15.3. The van der Waals surface area contributed by atoms with Gasteiger partial charge in [-0.2, -0.15) is 0 Å². The highest BCUT2D eigenvalue weighted by Gasteiger charge is 2.69. The van der Waals surface area contributed by atoms with Crippen molar-refractivity contribution >= 4 is 39.4 Å². The highest BCUT2D eigenvalue weighted by atomic mass is 32.2. The van der Waals surface area contributed by atoms with Crippen LogP contribution in [0, 0.1) is 17.3 Å². The number of piperidine rings is 1. The Balaban J connectivity index is 1.39. The summed E-state index contributed by atoms with van der Waals surface area (Å²) in [6.07, 6.45) is 12.1. The number of rotatable bonds is 8. The topological polar surface area (TPSA) is 171 Å². The second-order valence-corrected chi connectivity index (χ2v) is 20.6. The van der Waals surface area contributed by atoms with E-state index in [0.29, 0.717) is 45.1 Å². The van der Waals surface area contributed by atoms with Crippen molar-refractivity contribution in [2.75, 3.05) is 6.54 Å². The second-order valence-electron chi connectivity index (χ2n) is 17.5. The minimum absolute atomic E-state index is 0.0135. The number of nitrogens with one attached hydrogen (secondary N) is 4. The largest absolute Gasteiger partial charge is 0.347 e. The van der Waals surface area contributed by atoms with Gasteiger partial charge in [-0.3, -0.25) is 19.2 Å². The first kappa shape index (κ1) is 39.5. The van der Waals surface area contributed by atoms with E-state index in [4.69, 9.17) is 0 Å². The molecule has 3 saturated carbocycles. The summed E-state index contributed by atoms with van der Waals surface area (Å²) in [6.45, 7) is 11.3. The predicted molar refractivity (Wildman–Crippen MR) is 195 cm³/mol. The minimum atomic E-state index is -3.62. The molecular formula is C38H63N5O7S. The zero-order valence-electron chi connectivity index (χ0n) is 31.8. The lowest BCUT2D eigenvalue weighted by Gasteiger charge is -2.49. The molecule has 2 saturated heterocycles. The van der Waals surface area contributed by atoms with Crippen LogP contribution in [-0.2, 0) is 29.0 Å². The number of nitrogens with zero attached hydrogens (tertiary/aromatic N) is 1. The van der Waals surface area contributed by atoms with Crippen molar-refractivity contribution in [3.05, 3.63) is 0 Å². The van der Waals surface area contributed by atoms with Gasteiger partial charge in [-0.15, -0.1) is 0 Å². The van der Waals surface area contributed by atoms with Crippen LogP contribution in [-0.4, -0.2) is 89.1 Å². The minimum Gasteiger partial charge on any atom is -0.347 e. The monoisotopic (exact) mass is 733 g/mol. The number of fused-ring (bicyclic) bond motifs is 3. The lowest BCUT2D eigenvalue weighted by molar-refractivity contribution is -0.144. The molecule has 288 valence electrons. The van der Waals surface area contributed by atoms with Crippen LogP contribution >= 0.6 is 0 Å². The summed E-state index contributed by atoms with van der Waals surface area (Å²) >= 11 is 0. The molecule has 2 aliphatic heterocycles. The highest BCUT2D eigenvalue weighted by molar-refractivity contribution is 7.93. The van der Waals surface area contributed by atoms with Gasteiger partial charge in [0.25, 0.3) is 5.91 Å². The fourth-order valence-electron chi connectivity index (χ4n) is 9.33. The van der Waals surface area contributed by atoms with Crippen LogP contribution in [0.4, 0.5) is 4.79 Å². The Bertz CT molecular complexity index is 1450. The van der Waals surface area contributed by atoms with Crippen LogP contribution in [0.25, 0.3) is 0 Å². The summed E-state index contributed by atoms with van der Waals surface area (Å²) in [4.78, 5) is 70.4. The Labute approximate surface area is 305 Å². The van der Waals surface area contributed by atoms with E-state index < -0.39 is 67.1 Å². The summed E-state index contributed by atoms with van der Waals surface area (Å²) in [5.41, 5.74) is -1.18. The van der Waals surface area contributed by atoms with E-state index in [2.05, 4.69) is 35.1 Å². The SMILES string of the molecule is CC(C)S(=O)(=O)C(C)(C)C1(NC(=O)NC2CCCCCCCCCC(C(=O)C(=O)NC3CC3)NC(=O)C3C4C(CN3C2=O)C4(C)C)CCCCC1. The van der Waals surface area contributed by atoms with E-state index in [1.807, 2.05) is 0 Å². The molecule has 0 spiro atoms. The first-order valence-corrected chi connectivity index (χ1v) is 21.3. The molecule has 5 amide bonds. The van der Waals surface area contributed by atoms with Crippen molar-refractivity contribution in [1.29, 1.82) is 0 Å². The van der Waals surface area contributed by atoms with Gasteiger partial charge >= 0.3 is 6.03 Å². The number of amides is 5. The van der Waals surface area contributed by atoms with Crippen LogP contribution in [0.2, 0.25) is 0 Å². The molecule has 2 heterocycles. The van der Waals surface area contributed by atoms with Crippen molar-refractivity contribution in [3.63, 3.8) is 0 Å². The summed E-state index contributed by atoms with van der Waals surface area (Å²) < 4.78 is 26.1. The fraction of sp³-hybridized carbons (Fsp3) is 0.868. The quantitative estimate of drug-likeness (QED) is 0.270. The molecule has 5 unspecified atom stereocenters. The number of carbonyl (C=O) groups excluding carboxylic acids is 5. The van der Waals surface area contributed by atoms with E-state index in [1.165, 1.54) is 0 Å². The molecule has 0 radical (unpaired) electrons. The van der Waals surface area contributed by atoms with Gasteiger partial charge in [0.2, 0.25) is 17.6 Å². The molecule has 4 N–H and O–H groups in total. The van der Waals surface area contributed by atoms with Crippen LogP contribution in [0.15, 0.2) is 0 Å². The third-order valence-corrected chi connectivity index (χ3v) is 16.2. The highest BCUT2D eigenvalue weighted by Crippen LogP contribution is 2.65. The smallest absolute Gasteiger partial charge is 0.315 e. The molecule has 0 aromatic carbocycles. The van der Waals surface area contributed by atoms with Gasteiger partial charge in [0.15, 0.2) is 9.84 Å². The van der Waals surface area contributed by atoms with Crippen LogP contribution in [0.5, 0.6) is 0 Å². The third kappa shape index (κ3) is 8.12. The molecule has 0 aromatic heterocycles. The van der Waals surface area contributed by atoms with Gasteiger partial charge in [-0.25, -0.2) is 13.2 Å². The molecular weight excluding hydrogens is 671 g/mol. The number of hydrogen-bond acceptors (Lipinski definition) is 7. The van der Waals surface area contributed by atoms with E-state index in [1.54, 1.807) is 32.6 Å². The van der Waals surface area contributed by atoms with Crippen molar-refractivity contribution in [2.24, 2.45) is 17.3 Å². The number of Topliss-reactive ketones (excluding diaryl/α,β-unsaturated/α-hetero) is 1. The van der Waals surface area contributed by atoms with E-state index in [0.717, 1.165) is 64.2 Å². The molecule has 5 rings (SSSR count). The van der Waals surface area contributed by atoms with Gasteiger partial charge in [-0.1, -0.05) is 78.1 Å². The zero-order chi connectivity index (χ0) is 37.4. The molecule has 5 fully saturated rings. The van der Waals surface area contributed by atoms with Gasteiger partial charge in [-0.05, 0) is 83.5 Å². The van der Waals surface area contributed by atoms with Crippen molar-refractivity contribution in [1.82, 2.24) is 26.2 Å². The first-order chi connectivity index (χ1) is 23.9. The van der Waals surface area contributed by atoms with Crippen LogP contribution in [0.1, 0.15) is 144 Å². The van der Waals surface area contributed by atoms with Crippen molar-refractivity contribution < 1.29 is 32.4 Å². The average molecular weight is 734 g/mol. The normalized spacial score (nSPS) is 30.4. The average Bonchev–Trinajstić information content (AvgIpc) is 3.92. The Morgan fingerprint density at radius 2 is 1.41 bits per heavy atom.